The molecule has 2 N–H and O–H groups in total. The maximum Gasteiger partial charge on any atom is 0.255 e. The van der Waals surface area contributed by atoms with E-state index in [0.717, 1.165) is 5.92 Å². The normalized spacial score (nSPS) is 22.2. The number of ether oxygens (including phenoxy) is 1. The predicted molar refractivity (Wildman–Crippen MR) is 73.5 cm³/mol. The quantitative estimate of drug-likeness (QED) is 0.877. The summed E-state index contributed by atoms with van der Waals surface area (Å²) in [6.45, 7) is 2.93. The van der Waals surface area contributed by atoms with Gasteiger partial charge in [-0.3, -0.25) is 4.79 Å². The van der Waals surface area contributed by atoms with E-state index in [4.69, 9.17) is 4.74 Å². The molecule has 1 aromatic rings. The summed E-state index contributed by atoms with van der Waals surface area (Å²) in [7, 11) is 1.47. The Hall–Kier alpha value is -1.71. The first kappa shape index (κ1) is 13.7. The number of methoxy groups -OCH3 is 1. The van der Waals surface area contributed by atoms with Crippen LogP contribution in [-0.4, -0.2) is 24.7 Å². The summed E-state index contributed by atoms with van der Waals surface area (Å²) >= 11 is 0. The molecule has 2 atom stereocenters. The highest BCUT2D eigenvalue weighted by atomic mass is 16.5. The van der Waals surface area contributed by atoms with Crippen molar-refractivity contribution >= 4 is 5.91 Å². The number of phenols is 1. The zero-order valence-electron chi connectivity index (χ0n) is 11.5. The third-order valence-electron chi connectivity index (χ3n) is 3.82. The van der Waals surface area contributed by atoms with Crippen LogP contribution in [0.15, 0.2) is 18.2 Å². The molecule has 1 aromatic carbocycles. The van der Waals surface area contributed by atoms with Gasteiger partial charge in [0.15, 0.2) is 11.5 Å². The minimum Gasteiger partial charge on any atom is -0.504 e. The second-order valence-corrected chi connectivity index (χ2v) is 5.35. The van der Waals surface area contributed by atoms with Crippen LogP contribution < -0.4 is 10.1 Å². The number of benzene rings is 1. The Labute approximate surface area is 113 Å². The molecule has 0 saturated heterocycles. The van der Waals surface area contributed by atoms with Crippen LogP contribution in [0.5, 0.6) is 11.5 Å². The highest BCUT2D eigenvalue weighted by molar-refractivity contribution is 5.97. The van der Waals surface area contributed by atoms with Gasteiger partial charge in [-0.05, 0) is 36.8 Å². The Morgan fingerprint density at radius 3 is 2.89 bits per heavy atom. The van der Waals surface area contributed by atoms with Crippen LogP contribution in [0.1, 0.15) is 36.5 Å². The van der Waals surface area contributed by atoms with Crippen LogP contribution in [0.4, 0.5) is 0 Å². The van der Waals surface area contributed by atoms with Crippen molar-refractivity contribution in [3.05, 3.63) is 23.8 Å². The monoisotopic (exact) mass is 263 g/mol. The van der Waals surface area contributed by atoms with E-state index in [1.807, 2.05) is 0 Å². The van der Waals surface area contributed by atoms with E-state index < -0.39 is 0 Å². The lowest BCUT2D eigenvalue weighted by molar-refractivity contribution is 0.0944. The molecule has 0 spiro atoms. The number of hydrogen-bond acceptors (Lipinski definition) is 3. The number of amides is 1. The van der Waals surface area contributed by atoms with Crippen molar-refractivity contribution in [3.63, 3.8) is 0 Å². The lowest BCUT2D eigenvalue weighted by atomic mass is 10.1. The second-order valence-electron chi connectivity index (χ2n) is 5.35. The average molecular weight is 263 g/mol. The molecule has 0 aliphatic heterocycles. The molecule has 1 amide bonds. The van der Waals surface area contributed by atoms with Crippen LogP contribution in [-0.2, 0) is 0 Å². The maximum atomic E-state index is 12.0. The molecule has 19 heavy (non-hydrogen) atoms. The van der Waals surface area contributed by atoms with E-state index in [9.17, 15) is 9.90 Å². The van der Waals surface area contributed by atoms with Crippen molar-refractivity contribution in [1.82, 2.24) is 5.32 Å². The summed E-state index contributed by atoms with van der Waals surface area (Å²) in [5, 5.41) is 12.8. The summed E-state index contributed by atoms with van der Waals surface area (Å²) in [4.78, 5) is 12.0. The summed E-state index contributed by atoms with van der Waals surface area (Å²) in [6.07, 6.45) is 3.58. The molecule has 2 unspecified atom stereocenters. The fourth-order valence-corrected chi connectivity index (χ4v) is 2.71. The lowest BCUT2D eigenvalue weighted by Crippen LogP contribution is -2.28. The van der Waals surface area contributed by atoms with Gasteiger partial charge >= 0.3 is 0 Å². The van der Waals surface area contributed by atoms with E-state index in [1.54, 1.807) is 18.2 Å². The van der Waals surface area contributed by atoms with Gasteiger partial charge in [0.25, 0.3) is 5.91 Å². The van der Waals surface area contributed by atoms with Gasteiger partial charge in [0, 0.05) is 6.54 Å². The van der Waals surface area contributed by atoms with E-state index in [2.05, 4.69) is 12.2 Å². The number of carbonyl (C=O) groups is 1. The molecule has 1 aliphatic rings. The predicted octanol–water partition coefficient (Wildman–Crippen LogP) is 2.57. The molecule has 0 aromatic heterocycles. The standard InChI is InChI=1S/C15H21NO3/c1-10-6-7-11(8-10)9-16-15(18)12-4-3-5-13(19-2)14(12)17/h3-5,10-11,17H,6-9H2,1-2H3,(H,16,18). The molecule has 0 heterocycles. The topological polar surface area (TPSA) is 58.6 Å². The van der Waals surface area contributed by atoms with Crippen LogP contribution in [0.3, 0.4) is 0 Å². The first-order valence-electron chi connectivity index (χ1n) is 6.76. The highest BCUT2D eigenvalue weighted by Crippen LogP contribution is 2.31. The van der Waals surface area contributed by atoms with Crippen molar-refractivity contribution in [3.8, 4) is 11.5 Å². The number of hydrogen-bond donors (Lipinski definition) is 2. The third-order valence-corrected chi connectivity index (χ3v) is 3.82. The van der Waals surface area contributed by atoms with Crippen LogP contribution in [0, 0.1) is 11.8 Å². The van der Waals surface area contributed by atoms with Gasteiger partial charge in [-0.2, -0.15) is 0 Å². The van der Waals surface area contributed by atoms with E-state index in [-0.39, 0.29) is 17.2 Å². The zero-order chi connectivity index (χ0) is 13.8. The van der Waals surface area contributed by atoms with Crippen molar-refractivity contribution < 1.29 is 14.6 Å². The van der Waals surface area contributed by atoms with Gasteiger partial charge in [0.1, 0.15) is 0 Å². The van der Waals surface area contributed by atoms with Crippen LogP contribution >= 0.6 is 0 Å². The molecular formula is C15H21NO3. The largest absolute Gasteiger partial charge is 0.504 e. The van der Waals surface area contributed by atoms with Crippen LogP contribution in [0.25, 0.3) is 0 Å². The molecule has 1 fully saturated rings. The number of nitrogens with one attached hydrogen (secondary N) is 1. The lowest BCUT2D eigenvalue weighted by Gasteiger charge is -2.12. The fourth-order valence-electron chi connectivity index (χ4n) is 2.71. The Morgan fingerprint density at radius 2 is 2.26 bits per heavy atom. The molecule has 4 heteroatoms. The summed E-state index contributed by atoms with van der Waals surface area (Å²) in [5.41, 5.74) is 0.269. The zero-order valence-corrected chi connectivity index (χ0v) is 11.5. The number of phenolic OH excluding ortho intramolecular Hbond substituents is 1. The molecule has 1 saturated carbocycles. The van der Waals surface area contributed by atoms with E-state index in [1.165, 1.54) is 26.4 Å². The van der Waals surface area contributed by atoms with Gasteiger partial charge < -0.3 is 15.2 Å². The third kappa shape index (κ3) is 3.19. The fraction of sp³-hybridized carbons (Fsp3) is 0.533. The van der Waals surface area contributed by atoms with Gasteiger partial charge in [-0.25, -0.2) is 0 Å². The number of aromatic hydroxyl groups is 1. The summed E-state index contributed by atoms with van der Waals surface area (Å²) < 4.78 is 5.00. The smallest absolute Gasteiger partial charge is 0.255 e. The van der Waals surface area contributed by atoms with Gasteiger partial charge in [-0.1, -0.05) is 19.4 Å². The Morgan fingerprint density at radius 1 is 1.47 bits per heavy atom. The molecule has 1 aliphatic carbocycles. The maximum absolute atomic E-state index is 12.0. The summed E-state index contributed by atoms with van der Waals surface area (Å²) in [5.74, 6) is 1.30. The molecular weight excluding hydrogens is 242 g/mol. The minimum absolute atomic E-state index is 0.0951. The molecule has 4 nitrogen and oxygen atoms in total. The van der Waals surface area contributed by atoms with Gasteiger partial charge in [0.2, 0.25) is 0 Å². The SMILES string of the molecule is COc1cccc(C(=O)NCC2CCC(C)C2)c1O. The highest BCUT2D eigenvalue weighted by Gasteiger charge is 2.22. The minimum atomic E-state index is -0.240. The molecule has 2 rings (SSSR count). The summed E-state index contributed by atoms with van der Waals surface area (Å²) in [6, 6.07) is 4.93. The van der Waals surface area contributed by atoms with E-state index in [0.29, 0.717) is 18.2 Å². The number of rotatable bonds is 4. The van der Waals surface area contributed by atoms with Crippen molar-refractivity contribution in [2.45, 2.75) is 26.2 Å². The van der Waals surface area contributed by atoms with Crippen molar-refractivity contribution in [2.24, 2.45) is 11.8 Å². The average Bonchev–Trinajstić information content (AvgIpc) is 2.82. The Balaban J connectivity index is 1.96. The van der Waals surface area contributed by atoms with Gasteiger partial charge in [0.05, 0.1) is 12.7 Å². The number of carbonyl (C=O) groups excluding carboxylic acids is 1. The Kier molecular flexibility index (Phi) is 4.30. The van der Waals surface area contributed by atoms with Crippen molar-refractivity contribution in [1.29, 1.82) is 0 Å². The van der Waals surface area contributed by atoms with Crippen LogP contribution in [0.2, 0.25) is 0 Å². The van der Waals surface area contributed by atoms with E-state index >= 15 is 0 Å². The first-order chi connectivity index (χ1) is 9.11. The van der Waals surface area contributed by atoms with Gasteiger partial charge in [-0.15, -0.1) is 0 Å². The molecule has 104 valence electrons. The molecule has 0 radical (unpaired) electrons. The molecule has 0 bridgehead atoms. The second kappa shape index (κ2) is 5.95. The Bertz CT molecular complexity index is 459. The van der Waals surface area contributed by atoms with Crippen molar-refractivity contribution in [2.75, 3.05) is 13.7 Å². The number of para-hydroxylation sites is 1. The first-order valence-corrected chi connectivity index (χ1v) is 6.76.